The number of aryl methyl sites for hydroxylation is 1. The summed E-state index contributed by atoms with van der Waals surface area (Å²) in [5.74, 6) is 0.857. The number of benzene rings is 1. The summed E-state index contributed by atoms with van der Waals surface area (Å²) in [6, 6.07) is 7.57. The summed E-state index contributed by atoms with van der Waals surface area (Å²) in [4.78, 5) is 5.46. The van der Waals surface area contributed by atoms with Crippen molar-refractivity contribution in [2.45, 2.75) is 57.8 Å². The van der Waals surface area contributed by atoms with Gasteiger partial charge in [-0.1, -0.05) is 11.6 Å². The summed E-state index contributed by atoms with van der Waals surface area (Å²) in [7, 11) is -3.21. The minimum absolute atomic E-state index is 0.209. The third-order valence-electron chi connectivity index (χ3n) is 6.42. The van der Waals surface area contributed by atoms with Gasteiger partial charge in [-0.15, -0.1) is 11.3 Å². The van der Waals surface area contributed by atoms with Gasteiger partial charge in [0.15, 0.2) is 0 Å². The number of pyridine rings is 1. The summed E-state index contributed by atoms with van der Waals surface area (Å²) in [5, 5.41) is 0.583. The zero-order valence-corrected chi connectivity index (χ0v) is 20.8. The van der Waals surface area contributed by atoms with Crippen LogP contribution in [0.1, 0.15) is 42.5 Å². The van der Waals surface area contributed by atoms with Crippen molar-refractivity contribution in [3.8, 4) is 16.9 Å². The van der Waals surface area contributed by atoms with Crippen LogP contribution in [0, 0.1) is 6.92 Å². The molecule has 0 N–H and O–H groups in total. The predicted molar refractivity (Wildman–Crippen MR) is 131 cm³/mol. The van der Waals surface area contributed by atoms with Crippen LogP contribution in [-0.4, -0.2) is 42.3 Å². The molecule has 0 radical (unpaired) electrons. The molecule has 0 amide bonds. The summed E-state index contributed by atoms with van der Waals surface area (Å²) >= 11 is 7.95. The van der Waals surface area contributed by atoms with Crippen LogP contribution in [0.15, 0.2) is 30.5 Å². The van der Waals surface area contributed by atoms with E-state index in [2.05, 4.69) is 4.98 Å². The lowest BCUT2D eigenvalue weighted by molar-refractivity contribution is 0.125. The van der Waals surface area contributed by atoms with E-state index >= 15 is 0 Å². The monoisotopic (exact) mass is 508 g/mol. The molecule has 0 bridgehead atoms. The van der Waals surface area contributed by atoms with Crippen LogP contribution in [0.2, 0.25) is 5.02 Å². The quantitative estimate of drug-likeness (QED) is 0.416. The smallest absolute Gasteiger partial charge is 0.214 e. The number of sulfonamides is 1. The molecule has 1 aromatic carbocycles. The molecule has 0 unspecified atom stereocenters. The van der Waals surface area contributed by atoms with Gasteiger partial charge in [0.2, 0.25) is 10.0 Å². The number of hydrogen-bond acceptors (Lipinski definition) is 5. The number of thiophene rings is 1. The lowest BCUT2D eigenvalue weighted by Gasteiger charge is -2.25. The highest BCUT2D eigenvalue weighted by Crippen LogP contribution is 2.43. The SMILES string of the molecule is Cc1cc(Cl)cc(-c2ccnc3cc(CN4CCCCS4(=O)=O)sc23)c1O[C@@H]1CCC[C@@H]1F. The number of aromatic nitrogens is 1. The number of ether oxygens (including phenoxy) is 1. The number of fused-ring (bicyclic) bond motifs is 1. The van der Waals surface area contributed by atoms with E-state index in [1.807, 2.05) is 31.2 Å². The van der Waals surface area contributed by atoms with Crippen molar-refractivity contribution in [2.75, 3.05) is 12.3 Å². The van der Waals surface area contributed by atoms with Crippen LogP contribution in [0.4, 0.5) is 4.39 Å². The van der Waals surface area contributed by atoms with Gasteiger partial charge in [-0.05, 0) is 68.9 Å². The summed E-state index contributed by atoms with van der Waals surface area (Å²) < 4.78 is 48.0. The Kier molecular flexibility index (Phi) is 6.37. The van der Waals surface area contributed by atoms with Crippen molar-refractivity contribution < 1.29 is 17.5 Å². The van der Waals surface area contributed by atoms with E-state index in [1.54, 1.807) is 10.5 Å². The molecule has 1 saturated heterocycles. The molecule has 2 aromatic heterocycles. The molecule has 2 aliphatic rings. The van der Waals surface area contributed by atoms with Crippen LogP contribution in [0.25, 0.3) is 21.3 Å². The van der Waals surface area contributed by atoms with E-state index in [4.69, 9.17) is 16.3 Å². The first kappa shape index (κ1) is 23.0. The molecule has 1 aliphatic carbocycles. The first-order valence-electron chi connectivity index (χ1n) is 11.3. The van der Waals surface area contributed by atoms with Gasteiger partial charge in [0.25, 0.3) is 0 Å². The Balaban J connectivity index is 1.55. The molecule has 5 nitrogen and oxygen atoms in total. The van der Waals surface area contributed by atoms with E-state index in [-0.39, 0.29) is 5.75 Å². The van der Waals surface area contributed by atoms with Crippen molar-refractivity contribution in [1.82, 2.24) is 9.29 Å². The normalized spacial score (nSPS) is 23.2. The second-order valence-corrected chi connectivity index (χ2v) is 12.5. The zero-order valence-electron chi connectivity index (χ0n) is 18.4. The van der Waals surface area contributed by atoms with Crippen LogP contribution >= 0.6 is 22.9 Å². The van der Waals surface area contributed by atoms with Gasteiger partial charge in [-0.3, -0.25) is 4.98 Å². The van der Waals surface area contributed by atoms with Gasteiger partial charge < -0.3 is 4.74 Å². The lowest BCUT2D eigenvalue weighted by atomic mass is 10.0. The van der Waals surface area contributed by atoms with Crippen LogP contribution in [0.5, 0.6) is 5.75 Å². The minimum Gasteiger partial charge on any atom is -0.486 e. The van der Waals surface area contributed by atoms with Crippen LogP contribution in [-0.2, 0) is 16.6 Å². The van der Waals surface area contributed by atoms with Crippen molar-refractivity contribution in [2.24, 2.45) is 0 Å². The standard InChI is InChI=1S/C24H26ClFN2O3S2/c1-15-11-16(25)12-19(23(15)31-22-6-4-5-20(22)26)18-7-8-27-21-13-17(32-24(18)21)14-28-9-2-3-10-33(28,29)30/h7-8,11-13,20,22H,2-6,9-10,14H2,1H3/t20-,22+/m0/s1. The van der Waals surface area contributed by atoms with E-state index in [0.717, 1.165) is 44.6 Å². The van der Waals surface area contributed by atoms with Crippen LogP contribution in [0.3, 0.4) is 0 Å². The number of rotatable bonds is 5. The Morgan fingerprint density at radius 2 is 2.06 bits per heavy atom. The maximum absolute atomic E-state index is 14.3. The van der Waals surface area contributed by atoms with E-state index in [1.165, 1.54) is 11.3 Å². The Morgan fingerprint density at radius 1 is 1.21 bits per heavy atom. The maximum Gasteiger partial charge on any atom is 0.214 e. The predicted octanol–water partition coefficient (Wildman–Crippen LogP) is 6.12. The molecule has 0 spiro atoms. The second kappa shape index (κ2) is 9.13. The van der Waals surface area contributed by atoms with Gasteiger partial charge in [-0.2, -0.15) is 4.31 Å². The minimum atomic E-state index is -3.21. The summed E-state index contributed by atoms with van der Waals surface area (Å²) in [6.07, 6.45) is 3.96. The van der Waals surface area contributed by atoms with Crippen molar-refractivity contribution >= 4 is 43.2 Å². The second-order valence-electron chi connectivity index (χ2n) is 8.84. The molecule has 5 rings (SSSR count). The molecule has 3 aromatic rings. The number of alkyl halides is 1. The largest absolute Gasteiger partial charge is 0.486 e. The highest BCUT2D eigenvalue weighted by Gasteiger charge is 2.31. The topological polar surface area (TPSA) is 59.5 Å². The number of halogens is 2. The molecule has 176 valence electrons. The first-order valence-corrected chi connectivity index (χ1v) is 14.1. The summed E-state index contributed by atoms with van der Waals surface area (Å²) in [5.41, 5.74) is 3.38. The molecule has 1 aliphatic heterocycles. The average Bonchev–Trinajstić information content (AvgIpc) is 3.36. The fourth-order valence-electron chi connectivity index (χ4n) is 4.72. The Labute approximate surface area is 202 Å². The fourth-order valence-corrected chi connectivity index (χ4v) is 7.80. The third kappa shape index (κ3) is 4.63. The Hall–Kier alpha value is -1.74. The molecular weight excluding hydrogens is 483 g/mol. The lowest BCUT2D eigenvalue weighted by Crippen LogP contribution is -2.36. The van der Waals surface area contributed by atoms with Crippen molar-refractivity contribution in [1.29, 1.82) is 0 Å². The van der Waals surface area contributed by atoms with Crippen molar-refractivity contribution in [3.63, 3.8) is 0 Å². The molecule has 33 heavy (non-hydrogen) atoms. The first-order chi connectivity index (χ1) is 15.8. The van der Waals surface area contributed by atoms with Gasteiger partial charge in [0.1, 0.15) is 18.0 Å². The highest BCUT2D eigenvalue weighted by molar-refractivity contribution is 7.89. The molecular formula is C24H26ClFN2O3S2. The van der Waals surface area contributed by atoms with Gasteiger partial charge in [0.05, 0.1) is 16.0 Å². The number of nitrogens with zero attached hydrogens (tertiary/aromatic N) is 2. The molecule has 9 heteroatoms. The Morgan fingerprint density at radius 3 is 2.82 bits per heavy atom. The van der Waals surface area contributed by atoms with E-state index in [0.29, 0.717) is 43.1 Å². The molecule has 2 atom stereocenters. The Bertz CT molecular complexity index is 1290. The molecule has 3 heterocycles. The highest BCUT2D eigenvalue weighted by atomic mass is 35.5. The van der Waals surface area contributed by atoms with Crippen molar-refractivity contribution in [3.05, 3.63) is 45.9 Å². The molecule has 2 fully saturated rings. The average molecular weight is 509 g/mol. The number of hydrogen-bond donors (Lipinski definition) is 0. The van der Waals surface area contributed by atoms with Gasteiger partial charge in [-0.25, -0.2) is 12.8 Å². The summed E-state index contributed by atoms with van der Waals surface area (Å²) in [6.45, 7) is 2.83. The van der Waals surface area contributed by atoms with Gasteiger partial charge >= 0.3 is 0 Å². The zero-order chi connectivity index (χ0) is 23.2. The van der Waals surface area contributed by atoms with Crippen LogP contribution < -0.4 is 4.74 Å². The molecule has 1 saturated carbocycles. The maximum atomic E-state index is 14.3. The van der Waals surface area contributed by atoms with E-state index in [9.17, 15) is 12.8 Å². The van der Waals surface area contributed by atoms with E-state index < -0.39 is 22.3 Å². The third-order valence-corrected chi connectivity index (χ3v) is 9.68. The van der Waals surface area contributed by atoms with Gasteiger partial charge in [0, 0.05) is 40.3 Å². The fraction of sp³-hybridized carbons (Fsp3) is 0.458.